The first-order chi connectivity index (χ1) is 17.3. The summed E-state index contributed by atoms with van der Waals surface area (Å²) in [4.78, 5) is 24.2. The minimum atomic E-state index is -4.75. The Balaban J connectivity index is 0. The van der Waals surface area contributed by atoms with E-state index in [0.29, 0.717) is 12.8 Å². The summed E-state index contributed by atoms with van der Waals surface area (Å²) in [5.74, 6) is -1.91. The molecule has 0 saturated heterocycles. The number of carbonyl (C=O) groups excluding carboxylic acids is 2. The van der Waals surface area contributed by atoms with Gasteiger partial charge in [0.05, 0.1) is 19.6 Å². The number of hydrogen-bond acceptors (Lipinski definition) is 6. The van der Waals surface area contributed by atoms with Gasteiger partial charge in [-0.1, -0.05) is 129 Å². The van der Waals surface area contributed by atoms with Crippen molar-refractivity contribution in [2.75, 3.05) is 13.2 Å². The Hall–Kier alpha value is -0.553. The molecule has 0 aromatic rings. The van der Waals surface area contributed by atoms with Gasteiger partial charge in [0.15, 0.2) is 5.25 Å². The van der Waals surface area contributed by atoms with Gasteiger partial charge in [-0.3, -0.25) is 14.1 Å². The van der Waals surface area contributed by atoms with Crippen molar-refractivity contribution in [3.8, 4) is 0 Å². The Kier molecular flexibility index (Phi) is 28.2. The number of rotatable bonds is 26. The molecule has 9 heteroatoms. The van der Waals surface area contributed by atoms with Crippen LogP contribution in [0.3, 0.4) is 0 Å². The molecule has 37 heavy (non-hydrogen) atoms. The summed E-state index contributed by atoms with van der Waals surface area (Å²) in [6.07, 6.45) is 22.1. The van der Waals surface area contributed by atoms with Gasteiger partial charge in [0.25, 0.3) is 10.1 Å². The Bertz CT molecular complexity index is 640. The molecule has 0 aliphatic carbocycles. The molecule has 0 bridgehead atoms. The average Bonchev–Trinajstić information content (AvgIpc) is 2.83. The molecule has 0 aliphatic heterocycles. The first-order valence-electron chi connectivity index (χ1n) is 14.6. The van der Waals surface area contributed by atoms with Crippen LogP contribution in [0.25, 0.3) is 0 Å². The van der Waals surface area contributed by atoms with Crippen molar-refractivity contribution in [3.63, 3.8) is 0 Å². The van der Waals surface area contributed by atoms with Crippen LogP contribution in [0.1, 0.15) is 149 Å². The zero-order valence-corrected chi connectivity index (χ0v) is 24.0. The van der Waals surface area contributed by atoms with Crippen LogP contribution in [0.5, 0.6) is 0 Å². The Morgan fingerprint density at radius 2 is 0.919 bits per heavy atom. The van der Waals surface area contributed by atoms with Crippen molar-refractivity contribution in [2.45, 2.75) is 154 Å². The van der Waals surface area contributed by atoms with Crippen molar-refractivity contribution in [2.24, 2.45) is 0 Å². The molecule has 0 aromatic heterocycles. The third-order valence-corrected chi connectivity index (χ3v) is 7.56. The van der Waals surface area contributed by atoms with E-state index in [4.69, 9.17) is 9.47 Å². The van der Waals surface area contributed by atoms with Crippen molar-refractivity contribution < 1.29 is 32.0 Å². The zero-order chi connectivity index (χ0) is 26.9. The minimum absolute atomic E-state index is 0. The predicted molar refractivity (Wildman–Crippen MR) is 153 cm³/mol. The molecule has 0 rings (SSSR count). The SMILES string of the molecule is CCCCCCCCCCCCOC(=O)CC(C(=O)OCCCCCCCCCCCC)S(=O)(=O)O.[LiH]. The molecule has 0 radical (unpaired) electrons. The van der Waals surface area contributed by atoms with Crippen LogP contribution in [-0.2, 0) is 29.2 Å². The molecule has 0 saturated carbocycles. The first kappa shape index (κ1) is 38.6. The molecule has 1 N–H and O–H groups in total. The van der Waals surface area contributed by atoms with Crippen LogP contribution in [0.2, 0.25) is 0 Å². The molecule has 0 aromatic carbocycles. The van der Waals surface area contributed by atoms with E-state index in [9.17, 15) is 22.6 Å². The quantitative estimate of drug-likeness (QED) is 0.0547. The Morgan fingerprint density at radius 3 is 1.27 bits per heavy atom. The van der Waals surface area contributed by atoms with Gasteiger partial charge in [0.2, 0.25) is 0 Å². The number of hydrogen-bond donors (Lipinski definition) is 1. The fourth-order valence-corrected chi connectivity index (χ4v) is 4.81. The van der Waals surface area contributed by atoms with Crippen LogP contribution in [0, 0.1) is 0 Å². The van der Waals surface area contributed by atoms with Crippen LogP contribution in [0.4, 0.5) is 0 Å². The first-order valence-corrected chi connectivity index (χ1v) is 16.1. The van der Waals surface area contributed by atoms with Gasteiger partial charge in [0.1, 0.15) is 0 Å². The van der Waals surface area contributed by atoms with Gasteiger partial charge in [0, 0.05) is 0 Å². The maximum absolute atomic E-state index is 12.2. The maximum atomic E-state index is 12.2. The van der Waals surface area contributed by atoms with Crippen molar-refractivity contribution in [1.29, 1.82) is 0 Å². The van der Waals surface area contributed by atoms with Crippen LogP contribution >= 0.6 is 0 Å². The van der Waals surface area contributed by atoms with E-state index in [-0.39, 0.29) is 32.1 Å². The monoisotopic (exact) mass is 542 g/mol. The molecule has 0 fully saturated rings. The Labute approximate surface area is 239 Å². The summed E-state index contributed by atoms with van der Waals surface area (Å²) >= 11 is 0. The molecule has 0 heterocycles. The average molecular weight is 543 g/mol. The third-order valence-electron chi connectivity index (χ3n) is 6.48. The van der Waals surface area contributed by atoms with Crippen molar-refractivity contribution in [1.82, 2.24) is 0 Å². The fraction of sp³-hybridized carbons (Fsp3) is 0.929. The van der Waals surface area contributed by atoms with Crippen molar-refractivity contribution in [3.05, 3.63) is 0 Å². The molecule has 7 nitrogen and oxygen atoms in total. The molecule has 216 valence electrons. The van der Waals surface area contributed by atoms with Gasteiger partial charge in [-0.25, -0.2) is 0 Å². The molecule has 0 aliphatic rings. The van der Waals surface area contributed by atoms with E-state index in [2.05, 4.69) is 13.8 Å². The van der Waals surface area contributed by atoms with E-state index in [0.717, 1.165) is 38.5 Å². The van der Waals surface area contributed by atoms with Gasteiger partial charge >= 0.3 is 30.8 Å². The van der Waals surface area contributed by atoms with Gasteiger partial charge < -0.3 is 9.47 Å². The number of ether oxygens (including phenoxy) is 2. The number of esters is 2. The second kappa shape index (κ2) is 27.0. The molecule has 0 spiro atoms. The topological polar surface area (TPSA) is 107 Å². The van der Waals surface area contributed by atoms with Crippen molar-refractivity contribution >= 4 is 40.9 Å². The van der Waals surface area contributed by atoms with E-state index >= 15 is 0 Å². The fourth-order valence-electron chi connectivity index (χ4n) is 4.15. The molecule has 1 unspecified atom stereocenters. The van der Waals surface area contributed by atoms with E-state index in [1.807, 2.05) is 0 Å². The van der Waals surface area contributed by atoms with E-state index in [1.54, 1.807) is 0 Å². The van der Waals surface area contributed by atoms with Gasteiger partial charge in [-0.05, 0) is 12.8 Å². The summed E-state index contributed by atoms with van der Waals surface area (Å²) in [6.45, 7) is 4.67. The molecule has 1 atom stereocenters. The van der Waals surface area contributed by atoms with E-state index < -0.39 is 33.7 Å². The summed E-state index contributed by atoms with van der Waals surface area (Å²) in [7, 11) is -4.75. The summed E-state index contributed by atoms with van der Waals surface area (Å²) < 4.78 is 42.7. The van der Waals surface area contributed by atoms with Gasteiger partial charge in [-0.15, -0.1) is 0 Å². The predicted octanol–water partition coefficient (Wildman–Crippen LogP) is 6.91. The second-order valence-corrected chi connectivity index (χ2v) is 11.6. The summed E-state index contributed by atoms with van der Waals surface area (Å²) in [5.41, 5.74) is 0. The second-order valence-electron chi connectivity index (χ2n) is 9.96. The molecular formula is C28H55LiO7S. The van der Waals surface area contributed by atoms with Crippen LogP contribution in [-0.4, -0.2) is 62.2 Å². The van der Waals surface area contributed by atoms with E-state index in [1.165, 1.54) is 77.0 Å². The van der Waals surface area contributed by atoms with Gasteiger partial charge in [-0.2, -0.15) is 8.42 Å². The Morgan fingerprint density at radius 1 is 0.595 bits per heavy atom. The normalized spacial score (nSPS) is 12.1. The standard InChI is InChI=1S/C28H54O7S.Li.H/c1-3-5-7-9-11-13-15-17-19-21-23-34-27(29)25-26(36(31,32)33)28(30)35-24-22-20-18-16-14-12-10-8-6-4-2;;/h26H,3-25H2,1-2H3,(H,31,32,33);;. The number of carbonyl (C=O) groups is 2. The summed E-state index contributed by atoms with van der Waals surface area (Å²) in [6, 6.07) is 0. The molecule has 0 amide bonds. The third kappa shape index (κ3) is 25.5. The van der Waals surface area contributed by atoms with Crippen LogP contribution in [0.15, 0.2) is 0 Å². The zero-order valence-electron chi connectivity index (χ0n) is 23.1. The molecular weight excluding hydrogens is 487 g/mol. The van der Waals surface area contributed by atoms with Crippen LogP contribution < -0.4 is 0 Å². The number of unbranched alkanes of at least 4 members (excludes halogenated alkanes) is 18. The summed E-state index contributed by atoms with van der Waals surface area (Å²) in [5, 5.41) is -1.93.